The molecular weight excluding hydrogens is 330 g/mol. The second-order valence-corrected chi connectivity index (χ2v) is 8.28. The normalized spacial score (nSPS) is 31.1. The first kappa shape index (κ1) is 18.8. The van der Waals surface area contributed by atoms with Gasteiger partial charge in [-0.15, -0.1) is 6.42 Å². The molecule has 0 spiro atoms. The van der Waals surface area contributed by atoms with Crippen LogP contribution >= 0.6 is 0 Å². The standard InChI is InChI=1S/C20H29N3O3/c1-2-5-21-17(24)3-6-22-18(25)4-7-23-19(26)20-11-14-8-15(12-20)10-16(9-14)13-20/h1,14-16H,3-13H2,(H,21,24)(H,22,25)(H,23,26). The molecule has 4 aliphatic carbocycles. The van der Waals surface area contributed by atoms with Crippen LogP contribution in [0.4, 0.5) is 0 Å². The molecule has 0 aromatic heterocycles. The minimum Gasteiger partial charge on any atom is -0.356 e. The van der Waals surface area contributed by atoms with Gasteiger partial charge < -0.3 is 16.0 Å². The Morgan fingerprint density at radius 1 is 0.846 bits per heavy atom. The van der Waals surface area contributed by atoms with Crippen LogP contribution in [0.25, 0.3) is 0 Å². The van der Waals surface area contributed by atoms with Gasteiger partial charge in [0.25, 0.3) is 0 Å². The minimum atomic E-state index is -0.182. The summed E-state index contributed by atoms with van der Waals surface area (Å²) in [6.45, 7) is 0.830. The number of hydrogen-bond acceptors (Lipinski definition) is 3. The van der Waals surface area contributed by atoms with Crippen LogP contribution in [0.1, 0.15) is 51.4 Å². The van der Waals surface area contributed by atoms with Crippen molar-refractivity contribution in [3.63, 3.8) is 0 Å². The van der Waals surface area contributed by atoms with E-state index in [1.165, 1.54) is 19.3 Å². The van der Waals surface area contributed by atoms with Gasteiger partial charge in [-0.1, -0.05) is 5.92 Å². The van der Waals surface area contributed by atoms with Gasteiger partial charge in [-0.3, -0.25) is 14.4 Å². The molecule has 3 amide bonds. The summed E-state index contributed by atoms with van der Waals surface area (Å²) >= 11 is 0. The van der Waals surface area contributed by atoms with Crippen molar-refractivity contribution >= 4 is 17.7 Å². The Bertz CT molecular complexity index is 573. The maximum absolute atomic E-state index is 12.8. The van der Waals surface area contributed by atoms with E-state index in [1.54, 1.807) is 0 Å². The second-order valence-electron chi connectivity index (χ2n) is 8.28. The fourth-order valence-corrected chi connectivity index (χ4v) is 5.51. The Kier molecular flexibility index (Phi) is 5.85. The summed E-state index contributed by atoms with van der Waals surface area (Å²) in [7, 11) is 0. The summed E-state index contributed by atoms with van der Waals surface area (Å²) in [5.74, 6) is 4.34. The van der Waals surface area contributed by atoms with Crippen LogP contribution in [0.2, 0.25) is 0 Å². The molecule has 4 bridgehead atoms. The molecule has 26 heavy (non-hydrogen) atoms. The van der Waals surface area contributed by atoms with E-state index in [0.29, 0.717) is 6.54 Å². The lowest BCUT2D eigenvalue weighted by molar-refractivity contribution is -0.146. The summed E-state index contributed by atoms with van der Waals surface area (Å²) in [5.41, 5.74) is -0.166. The Hall–Kier alpha value is -2.03. The molecule has 6 heteroatoms. The monoisotopic (exact) mass is 359 g/mol. The predicted octanol–water partition coefficient (Wildman–Crippen LogP) is 0.965. The fraction of sp³-hybridized carbons (Fsp3) is 0.750. The van der Waals surface area contributed by atoms with Crippen LogP contribution in [0, 0.1) is 35.5 Å². The first-order valence-corrected chi connectivity index (χ1v) is 9.76. The lowest BCUT2D eigenvalue weighted by Crippen LogP contribution is -2.53. The van der Waals surface area contributed by atoms with Gasteiger partial charge in [0.1, 0.15) is 0 Å². The quantitative estimate of drug-likeness (QED) is 0.564. The highest BCUT2D eigenvalue weighted by molar-refractivity contribution is 5.84. The molecule has 0 radical (unpaired) electrons. The molecule has 0 aliphatic heterocycles. The molecule has 0 aromatic rings. The molecule has 4 aliphatic rings. The van der Waals surface area contributed by atoms with E-state index in [0.717, 1.165) is 37.0 Å². The van der Waals surface area contributed by atoms with E-state index in [-0.39, 0.29) is 49.1 Å². The molecule has 4 saturated carbocycles. The molecule has 6 nitrogen and oxygen atoms in total. The Labute approximate surface area is 155 Å². The van der Waals surface area contributed by atoms with E-state index >= 15 is 0 Å². The zero-order valence-electron chi connectivity index (χ0n) is 15.3. The van der Waals surface area contributed by atoms with E-state index in [4.69, 9.17) is 6.42 Å². The van der Waals surface area contributed by atoms with Gasteiger partial charge >= 0.3 is 0 Å². The smallest absolute Gasteiger partial charge is 0.226 e. The molecular formula is C20H29N3O3. The van der Waals surface area contributed by atoms with Gasteiger partial charge in [-0.25, -0.2) is 0 Å². The summed E-state index contributed by atoms with van der Waals surface area (Å²) < 4.78 is 0. The van der Waals surface area contributed by atoms with Crippen molar-refractivity contribution in [1.82, 2.24) is 16.0 Å². The van der Waals surface area contributed by atoms with Crippen molar-refractivity contribution in [2.45, 2.75) is 51.4 Å². The number of nitrogens with one attached hydrogen (secondary N) is 3. The molecule has 0 atom stereocenters. The van der Waals surface area contributed by atoms with Gasteiger partial charge in [-0.2, -0.15) is 0 Å². The van der Waals surface area contributed by atoms with Crippen LogP contribution in [-0.2, 0) is 14.4 Å². The molecule has 0 aromatic carbocycles. The Morgan fingerprint density at radius 3 is 1.88 bits per heavy atom. The Morgan fingerprint density at radius 2 is 1.35 bits per heavy atom. The summed E-state index contributed by atoms with van der Waals surface area (Å²) in [6, 6.07) is 0. The van der Waals surface area contributed by atoms with Crippen molar-refractivity contribution in [2.24, 2.45) is 23.2 Å². The summed E-state index contributed by atoms with van der Waals surface area (Å²) in [5, 5.41) is 8.24. The number of carbonyl (C=O) groups is 3. The lowest BCUT2D eigenvalue weighted by atomic mass is 9.49. The lowest BCUT2D eigenvalue weighted by Gasteiger charge is -2.55. The maximum atomic E-state index is 12.8. The van der Waals surface area contributed by atoms with Gasteiger partial charge in [0.2, 0.25) is 17.7 Å². The third kappa shape index (κ3) is 4.38. The van der Waals surface area contributed by atoms with Crippen molar-refractivity contribution in [1.29, 1.82) is 0 Å². The van der Waals surface area contributed by atoms with Gasteiger partial charge in [-0.05, 0) is 56.3 Å². The topological polar surface area (TPSA) is 87.3 Å². The van der Waals surface area contributed by atoms with Gasteiger partial charge in [0, 0.05) is 31.3 Å². The van der Waals surface area contributed by atoms with E-state index < -0.39 is 0 Å². The SMILES string of the molecule is C#CCNC(=O)CCNC(=O)CCNC(=O)C12CC3CC(CC(C3)C1)C2. The van der Waals surface area contributed by atoms with E-state index in [9.17, 15) is 14.4 Å². The maximum Gasteiger partial charge on any atom is 0.226 e. The average Bonchev–Trinajstić information content (AvgIpc) is 2.58. The van der Waals surface area contributed by atoms with Crippen molar-refractivity contribution in [3.05, 3.63) is 0 Å². The van der Waals surface area contributed by atoms with Crippen LogP contribution in [0.3, 0.4) is 0 Å². The molecule has 4 rings (SSSR count). The molecule has 0 unspecified atom stereocenters. The number of hydrogen-bond donors (Lipinski definition) is 3. The highest BCUT2D eigenvalue weighted by atomic mass is 16.2. The number of carbonyl (C=O) groups excluding carboxylic acids is 3. The van der Waals surface area contributed by atoms with Crippen molar-refractivity contribution in [2.75, 3.05) is 19.6 Å². The molecule has 0 heterocycles. The van der Waals surface area contributed by atoms with E-state index in [1.807, 2.05) is 0 Å². The average molecular weight is 359 g/mol. The van der Waals surface area contributed by atoms with Crippen molar-refractivity contribution in [3.8, 4) is 12.3 Å². The summed E-state index contributed by atoms with van der Waals surface area (Å²) in [6.07, 6.45) is 12.5. The van der Waals surface area contributed by atoms with E-state index in [2.05, 4.69) is 21.9 Å². The predicted molar refractivity (Wildman–Crippen MR) is 97.7 cm³/mol. The number of amides is 3. The highest BCUT2D eigenvalue weighted by Gasteiger charge is 2.54. The molecule has 142 valence electrons. The minimum absolute atomic E-state index is 0.151. The zero-order valence-corrected chi connectivity index (χ0v) is 15.3. The third-order valence-corrected chi connectivity index (χ3v) is 6.22. The van der Waals surface area contributed by atoms with Crippen LogP contribution in [0.5, 0.6) is 0 Å². The second kappa shape index (κ2) is 8.11. The van der Waals surface area contributed by atoms with Crippen LogP contribution in [-0.4, -0.2) is 37.4 Å². The first-order valence-electron chi connectivity index (χ1n) is 9.76. The number of rotatable bonds is 8. The fourth-order valence-electron chi connectivity index (χ4n) is 5.51. The van der Waals surface area contributed by atoms with Crippen molar-refractivity contribution < 1.29 is 14.4 Å². The van der Waals surface area contributed by atoms with Crippen LogP contribution < -0.4 is 16.0 Å². The highest BCUT2D eigenvalue weighted by Crippen LogP contribution is 2.60. The van der Waals surface area contributed by atoms with Gasteiger partial charge in [0.15, 0.2) is 0 Å². The first-order chi connectivity index (χ1) is 12.5. The molecule has 0 saturated heterocycles. The third-order valence-electron chi connectivity index (χ3n) is 6.22. The molecule has 3 N–H and O–H groups in total. The largest absolute Gasteiger partial charge is 0.356 e. The molecule has 4 fully saturated rings. The Balaban J connectivity index is 1.33. The van der Waals surface area contributed by atoms with Gasteiger partial charge in [0.05, 0.1) is 6.54 Å². The summed E-state index contributed by atoms with van der Waals surface area (Å²) in [4.78, 5) is 36.0. The number of terminal acetylenes is 1. The van der Waals surface area contributed by atoms with Crippen LogP contribution in [0.15, 0.2) is 0 Å². The zero-order chi connectivity index (χ0) is 18.6.